The first-order valence-corrected chi connectivity index (χ1v) is 12.3. The van der Waals surface area contributed by atoms with Gasteiger partial charge in [-0.25, -0.2) is 4.79 Å². The number of ether oxygens (including phenoxy) is 2. The third kappa shape index (κ3) is 6.25. The minimum atomic E-state index is -1.00. The molecule has 0 saturated carbocycles. The molecule has 0 spiro atoms. The number of carboxylic acids is 1. The molecule has 3 aromatic carbocycles. The number of piperazine rings is 1. The molecule has 1 aliphatic heterocycles. The van der Waals surface area contributed by atoms with Crippen LogP contribution >= 0.6 is 11.6 Å². The lowest BCUT2D eigenvalue weighted by Gasteiger charge is -2.36. The summed E-state index contributed by atoms with van der Waals surface area (Å²) in [5, 5.41) is 19.0. The minimum Gasteiger partial charge on any atom is -0.493 e. The van der Waals surface area contributed by atoms with Crippen LogP contribution in [0.25, 0.3) is 6.08 Å². The molecule has 1 aliphatic rings. The summed E-state index contributed by atoms with van der Waals surface area (Å²) in [6, 6.07) is 21.6. The van der Waals surface area contributed by atoms with Crippen molar-refractivity contribution in [1.29, 1.82) is 5.26 Å². The molecule has 4 rings (SSSR count). The highest BCUT2D eigenvalue weighted by atomic mass is 35.5. The Hall–Kier alpha value is -4.48. The lowest BCUT2D eigenvalue weighted by Crippen LogP contribution is -2.49. The Morgan fingerprint density at radius 3 is 2.34 bits per heavy atom. The van der Waals surface area contributed by atoms with E-state index >= 15 is 0 Å². The summed E-state index contributed by atoms with van der Waals surface area (Å²) in [6.45, 7) is 2.52. The van der Waals surface area contributed by atoms with Crippen molar-refractivity contribution in [3.8, 4) is 17.6 Å². The number of methoxy groups -OCH3 is 1. The third-order valence-corrected chi connectivity index (χ3v) is 6.47. The predicted octanol–water partition coefficient (Wildman–Crippen LogP) is 4.88. The summed E-state index contributed by atoms with van der Waals surface area (Å²) < 4.78 is 11.3. The molecular formula is C29H26ClN3O5. The molecule has 0 atom stereocenters. The van der Waals surface area contributed by atoms with E-state index in [-0.39, 0.29) is 28.7 Å². The maximum absolute atomic E-state index is 13.1. The molecule has 1 saturated heterocycles. The number of nitrogens with zero attached hydrogens (tertiary/aromatic N) is 3. The summed E-state index contributed by atoms with van der Waals surface area (Å²) in [4.78, 5) is 28.0. The number of halogens is 1. The monoisotopic (exact) mass is 531 g/mol. The SMILES string of the molecule is COc1cc(/C=C(/C#N)C(=O)N2CCN(c3ccccc3)CC2)cc(Cl)c1OCc1ccc(C(=O)O)cc1. The van der Waals surface area contributed by atoms with Gasteiger partial charge in [-0.1, -0.05) is 41.9 Å². The Morgan fingerprint density at radius 2 is 1.74 bits per heavy atom. The van der Waals surface area contributed by atoms with Crippen molar-refractivity contribution >= 4 is 35.2 Å². The Kier molecular flexibility index (Phi) is 8.51. The van der Waals surface area contributed by atoms with Crippen LogP contribution in [0.5, 0.6) is 11.5 Å². The van der Waals surface area contributed by atoms with Gasteiger partial charge < -0.3 is 24.4 Å². The average Bonchev–Trinajstić information content (AvgIpc) is 2.95. The van der Waals surface area contributed by atoms with Crippen LogP contribution in [0.3, 0.4) is 0 Å². The molecule has 1 fully saturated rings. The topological polar surface area (TPSA) is 103 Å². The smallest absolute Gasteiger partial charge is 0.335 e. The molecule has 1 heterocycles. The van der Waals surface area contributed by atoms with E-state index in [2.05, 4.69) is 4.90 Å². The Labute approximate surface area is 225 Å². The van der Waals surface area contributed by atoms with Gasteiger partial charge in [0.1, 0.15) is 18.2 Å². The van der Waals surface area contributed by atoms with E-state index in [0.29, 0.717) is 43.2 Å². The molecular weight excluding hydrogens is 506 g/mol. The zero-order chi connectivity index (χ0) is 27.1. The van der Waals surface area contributed by atoms with Crippen LogP contribution in [0.4, 0.5) is 5.69 Å². The zero-order valence-electron chi connectivity index (χ0n) is 20.8. The van der Waals surface area contributed by atoms with E-state index in [9.17, 15) is 14.9 Å². The van der Waals surface area contributed by atoms with E-state index in [1.54, 1.807) is 29.2 Å². The average molecular weight is 532 g/mol. The Morgan fingerprint density at radius 1 is 1.05 bits per heavy atom. The molecule has 0 aromatic heterocycles. The number of aromatic carboxylic acids is 1. The van der Waals surface area contributed by atoms with E-state index in [0.717, 1.165) is 11.3 Å². The number of para-hydroxylation sites is 1. The van der Waals surface area contributed by atoms with Gasteiger partial charge in [-0.05, 0) is 53.6 Å². The fourth-order valence-electron chi connectivity index (χ4n) is 4.15. The number of carboxylic acid groups (broad SMARTS) is 1. The summed E-state index contributed by atoms with van der Waals surface area (Å²) in [5.74, 6) is -0.696. The number of hydrogen-bond acceptors (Lipinski definition) is 6. The summed E-state index contributed by atoms with van der Waals surface area (Å²) >= 11 is 6.48. The maximum Gasteiger partial charge on any atom is 0.335 e. The van der Waals surface area contributed by atoms with E-state index in [1.165, 1.54) is 25.3 Å². The number of carbonyl (C=O) groups excluding carboxylic acids is 1. The van der Waals surface area contributed by atoms with Crippen LogP contribution in [-0.4, -0.2) is 55.2 Å². The summed E-state index contributed by atoms with van der Waals surface area (Å²) in [7, 11) is 1.47. The van der Waals surface area contributed by atoms with E-state index in [4.69, 9.17) is 26.2 Å². The predicted molar refractivity (Wildman–Crippen MR) is 145 cm³/mol. The quantitative estimate of drug-likeness (QED) is 0.326. The zero-order valence-corrected chi connectivity index (χ0v) is 21.5. The largest absolute Gasteiger partial charge is 0.493 e. The molecule has 0 radical (unpaired) electrons. The highest BCUT2D eigenvalue weighted by Gasteiger charge is 2.24. The molecule has 0 aliphatic carbocycles. The number of anilines is 1. The van der Waals surface area contributed by atoms with Crippen molar-refractivity contribution in [1.82, 2.24) is 4.90 Å². The molecule has 3 aromatic rings. The maximum atomic E-state index is 13.1. The fourth-order valence-corrected chi connectivity index (χ4v) is 4.42. The summed E-state index contributed by atoms with van der Waals surface area (Å²) in [6.07, 6.45) is 1.49. The van der Waals surface area contributed by atoms with Crippen molar-refractivity contribution in [3.63, 3.8) is 0 Å². The van der Waals surface area contributed by atoms with Gasteiger partial charge in [-0.15, -0.1) is 0 Å². The second-order valence-corrected chi connectivity index (χ2v) is 9.02. The highest BCUT2D eigenvalue weighted by molar-refractivity contribution is 6.32. The number of amides is 1. The lowest BCUT2D eigenvalue weighted by atomic mass is 10.1. The Balaban J connectivity index is 1.45. The lowest BCUT2D eigenvalue weighted by molar-refractivity contribution is -0.126. The van der Waals surface area contributed by atoms with Crippen molar-refractivity contribution in [2.45, 2.75) is 6.61 Å². The molecule has 38 heavy (non-hydrogen) atoms. The van der Waals surface area contributed by atoms with Gasteiger partial charge in [0.05, 0.1) is 17.7 Å². The Bertz CT molecular complexity index is 1380. The number of hydrogen-bond donors (Lipinski definition) is 1. The van der Waals surface area contributed by atoms with E-state index < -0.39 is 5.97 Å². The minimum absolute atomic E-state index is 0.00321. The van der Waals surface area contributed by atoms with Crippen LogP contribution in [-0.2, 0) is 11.4 Å². The highest BCUT2D eigenvalue weighted by Crippen LogP contribution is 2.37. The molecule has 0 unspecified atom stereocenters. The van der Waals surface area contributed by atoms with Gasteiger partial charge in [0.2, 0.25) is 0 Å². The van der Waals surface area contributed by atoms with Gasteiger partial charge in [-0.2, -0.15) is 5.26 Å². The second-order valence-electron chi connectivity index (χ2n) is 8.61. The second kappa shape index (κ2) is 12.2. The number of rotatable bonds is 8. The van der Waals surface area contributed by atoms with Crippen molar-refractivity contribution in [3.05, 3.63) is 94.0 Å². The number of benzene rings is 3. The van der Waals surface area contributed by atoms with Crippen LogP contribution in [0.2, 0.25) is 5.02 Å². The van der Waals surface area contributed by atoms with Crippen LogP contribution in [0.1, 0.15) is 21.5 Å². The standard InChI is InChI=1S/C29H26ClN3O5/c1-37-26-17-21(16-25(30)27(26)38-19-20-7-9-22(10-8-20)29(35)36)15-23(18-31)28(34)33-13-11-32(12-14-33)24-5-3-2-4-6-24/h2-10,15-17H,11-14,19H2,1H3,(H,35,36)/b23-15-. The first-order chi connectivity index (χ1) is 18.4. The number of nitriles is 1. The molecule has 194 valence electrons. The third-order valence-electron chi connectivity index (χ3n) is 6.19. The van der Waals surface area contributed by atoms with Crippen LogP contribution in [0, 0.1) is 11.3 Å². The van der Waals surface area contributed by atoms with Gasteiger partial charge in [0.15, 0.2) is 11.5 Å². The normalized spacial score (nSPS) is 13.6. The first kappa shape index (κ1) is 26.6. The first-order valence-electron chi connectivity index (χ1n) is 11.9. The van der Waals surface area contributed by atoms with Gasteiger partial charge in [0, 0.05) is 31.9 Å². The molecule has 9 heteroatoms. The van der Waals surface area contributed by atoms with E-state index in [1.807, 2.05) is 36.4 Å². The molecule has 0 bridgehead atoms. The summed E-state index contributed by atoms with van der Waals surface area (Å²) in [5.41, 5.74) is 2.57. The van der Waals surface area contributed by atoms with Crippen LogP contribution in [0.15, 0.2) is 72.3 Å². The van der Waals surface area contributed by atoms with Gasteiger partial charge in [0.25, 0.3) is 5.91 Å². The molecule has 1 amide bonds. The van der Waals surface area contributed by atoms with Crippen LogP contribution < -0.4 is 14.4 Å². The van der Waals surface area contributed by atoms with Crippen molar-refractivity contribution in [2.24, 2.45) is 0 Å². The van der Waals surface area contributed by atoms with Crippen molar-refractivity contribution in [2.75, 3.05) is 38.2 Å². The number of carbonyl (C=O) groups is 2. The molecule has 8 nitrogen and oxygen atoms in total. The van der Waals surface area contributed by atoms with Gasteiger partial charge >= 0.3 is 5.97 Å². The van der Waals surface area contributed by atoms with Crippen molar-refractivity contribution < 1.29 is 24.2 Å². The fraction of sp³-hybridized carbons (Fsp3) is 0.207. The molecule has 1 N–H and O–H groups in total. The van der Waals surface area contributed by atoms with Gasteiger partial charge in [-0.3, -0.25) is 4.79 Å².